The Morgan fingerprint density at radius 2 is 1.67 bits per heavy atom. The maximum absolute atomic E-state index is 12.1. The van der Waals surface area contributed by atoms with Crippen molar-refractivity contribution < 1.29 is 24.2 Å². The van der Waals surface area contributed by atoms with E-state index in [0.717, 1.165) is 0 Å². The molecule has 0 amide bonds. The van der Waals surface area contributed by atoms with E-state index in [0.29, 0.717) is 17.1 Å². The molecule has 116 valence electrons. The lowest BCUT2D eigenvalue weighted by Crippen LogP contribution is -2.12. The Labute approximate surface area is 124 Å². The van der Waals surface area contributed by atoms with Gasteiger partial charge in [-0.3, -0.25) is 9.59 Å². The molecule has 0 unspecified atom stereocenters. The number of hydrogen-bond acceptors (Lipinski definition) is 4. The third-order valence-electron chi connectivity index (χ3n) is 2.55. The molecule has 0 heterocycles. The smallest absolute Gasteiger partial charge is 0.303 e. The molecule has 0 aliphatic rings. The van der Waals surface area contributed by atoms with Crippen molar-refractivity contribution in [1.29, 1.82) is 0 Å². The Hall–Kier alpha value is -2.04. The van der Waals surface area contributed by atoms with E-state index in [-0.39, 0.29) is 30.8 Å². The van der Waals surface area contributed by atoms with Crippen LogP contribution in [0.15, 0.2) is 18.2 Å². The van der Waals surface area contributed by atoms with Gasteiger partial charge in [0.25, 0.3) is 0 Å². The van der Waals surface area contributed by atoms with Gasteiger partial charge in [-0.1, -0.05) is 0 Å². The van der Waals surface area contributed by atoms with Crippen LogP contribution in [-0.4, -0.2) is 29.1 Å². The molecule has 0 atom stereocenters. The van der Waals surface area contributed by atoms with Crippen molar-refractivity contribution in [2.45, 2.75) is 52.7 Å². The summed E-state index contributed by atoms with van der Waals surface area (Å²) in [6.45, 7) is 7.55. The first-order valence-corrected chi connectivity index (χ1v) is 7.02. The van der Waals surface area contributed by atoms with Crippen LogP contribution in [0.3, 0.4) is 0 Å². The molecule has 21 heavy (non-hydrogen) atoms. The lowest BCUT2D eigenvalue weighted by atomic mass is 10.1. The zero-order chi connectivity index (χ0) is 16.0. The van der Waals surface area contributed by atoms with Gasteiger partial charge in [0.1, 0.15) is 11.5 Å². The highest BCUT2D eigenvalue weighted by atomic mass is 16.5. The first kappa shape index (κ1) is 17.0. The number of hydrogen-bond donors (Lipinski definition) is 1. The zero-order valence-electron chi connectivity index (χ0n) is 12.9. The first-order valence-electron chi connectivity index (χ1n) is 7.02. The molecule has 0 spiro atoms. The topological polar surface area (TPSA) is 72.8 Å². The Bertz CT molecular complexity index is 505. The largest absolute Gasteiger partial charge is 0.491 e. The minimum atomic E-state index is -0.991. The number of ether oxygens (including phenoxy) is 2. The number of carbonyl (C=O) groups is 2. The normalized spacial score (nSPS) is 10.8. The van der Waals surface area contributed by atoms with Crippen molar-refractivity contribution in [3.05, 3.63) is 23.8 Å². The van der Waals surface area contributed by atoms with Crippen LogP contribution in [0.4, 0.5) is 0 Å². The van der Waals surface area contributed by atoms with Gasteiger partial charge in [0, 0.05) is 12.5 Å². The van der Waals surface area contributed by atoms with Crippen LogP contribution in [0.25, 0.3) is 0 Å². The highest BCUT2D eigenvalue weighted by Crippen LogP contribution is 2.28. The minimum absolute atomic E-state index is 0.0189. The Morgan fingerprint density at radius 3 is 2.19 bits per heavy atom. The van der Waals surface area contributed by atoms with E-state index in [1.54, 1.807) is 18.2 Å². The molecule has 0 bridgehead atoms. The Kier molecular flexibility index (Phi) is 6.21. The number of aliphatic carboxylic acids is 1. The predicted molar refractivity (Wildman–Crippen MR) is 79.2 cm³/mol. The number of carbonyl (C=O) groups excluding carboxylic acids is 1. The maximum atomic E-state index is 12.1. The number of rotatable bonds is 8. The maximum Gasteiger partial charge on any atom is 0.303 e. The summed E-state index contributed by atoms with van der Waals surface area (Å²) in [5, 5.41) is 8.66. The van der Waals surface area contributed by atoms with Gasteiger partial charge >= 0.3 is 5.97 Å². The van der Waals surface area contributed by atoms with Crippen LogP contribution in [0, 0.1) is 0 Å². The SMILES string of the molecule is CC(C)Oc1ccc(C(=O)CCC(=O)O)c(OC(C)C)c1. The molecule has 1 aromatic rings. The van der Waals surface area contributed by atoms with Crippen LogP contribution in [-0.2, 0) is 4.79 Å². The van der Waals surface area contributed by atoms with E-state index < -0.39 is 5.97 Å². The number of benzene rings is 1. The molecule has 0 aliphatic carbocycles. The first-order chi connectivity index (χ1) is 9.79. The second kappa shape index (κ2) is 7.67. The number of Topliss-reactive ketones (excluding diaryl/α,β-unsaturated/α-hetero) is 1. The van der Waals surface area contributed by atoms with Crippen LogP contribution in [0.2, 0.25) is 0 Å². The minimum Gasteiger partial charge on any atom is -0.491 e. The van der Waals surface area contributed by atoms with Crippen LogP contribution in [0.1, 0.15) is 50.9 Å². The van der Waals surface area contributed by atoms with Gasteiger partial charge in [-0.15, -0.1) is 0 Å². The molecule has 0 saturated carbocycles. The van der Waals surface area contributed by atoms with Gasteiger partial charge in [-0.05, 0) is 39.8 Å². The van der Waals surface area contributed by atoms with E-state index in [1.165, 1.54) is 0 Å². The van der Waals surface area contributed by atoms with Gasteiger partial charge in [0.15, 0.2) is 5.78 Å². The summed E-state index contributed by atoms with van der Waals surface area (Å²) in [6, 6.07) is 4.99. The van der Waals surface area contributed by atoms with E-state index in [9.17, 15) is 9.59 Å². The number of carboxylic acids is 1. The van der Waals surface area contributed by atoms with E-state index >= 15 is 0 Å². The third-order valence-corrected chi connectivity index (χ3v) is 2.55. The summed E-state index contributed by atoms with van der Waals surface area (Å²) in [5.74, 6) is -0.187. The van der Waals surface area contributed by atoms with Gasteiger partial charge in [-0.2, -0.15) is 0 Å². The predicted octanol–water partition coefficient (Wildman–Crippen LogP) is 3.31. The second-order valence-electron chi connectivity index (χ2n) is 5.31. The molecular weight excluding hydrogens is 272 g/mol. The lowest BCUT2D eigenvalue weighted by molar-refractivity contribution is -0.136. The fourth-order valence-electron chi connectivity index (χ4n) is 1.79. The van der Waals surface area contributed by atoms with Gasteiger partial charge in [0.2, 0.25) is 0 Å². The van der Waals surface area contributed by atoms with Crippen molar-refractivity contribution in [1.82, 2.24) is 0 Å². The highest BCUT2D eigenvalue weighted by molar-refractivity contribution is 6.00. The quantitative estimate of drug-likeness (QED) is 0.745. The lowest BCUT2D eigenvalue weighted by Gasteiger charge is -2.16. The molecule has 1 rings (SSSR count). The highest BCUT2D eigenvalue weighted by Gasteiger charge is 2.16. The van der Waals surface area contributed by atoms with Crippen molar-refractivity contribution >= 4 is 11.8 Å². The summed E-state index contributed by atoms with van der Waals surface area (Å²) in [5.41, 5.74) is 0.390. The van der Waals surface area contributed by atoms with Gasteiger partial charge < -0.3 is 14.6 Å². The Morgan fingerprint density at radius 1 is 1.05 bits per heavy atom. The van der Waals surface area contributed by atoms with Crippen molar-refractivity contribution in [2.75, 3.05) is 0 Å². The van der Waals surface area contributed by atoms with E-state index in [2.05, 4.69) is 0 Å². The van der Waals surface area contributed by atoms with Gasteiger partial charge in [0.05, 0.1) is 24.2 Å². The van der Waals surface area contributed by atoms with Crippen LogP contribution >= 0.6 is 0 Å². The summed E-state index contributed by atoms with van der Waals surface area (Å²) in [6.07, 6.45) is -0.311. The Balaban J connectivity index is 3.00. The number of ketones is 1. The summed E-state index contributed by atoms with van der Waals surface area (Å²) in [7, 11) is 0. The molecule has 1 N–H and O–H groups in total. The zero-order valence-corrected chi connectivity index (χ0v) is 12.9. The summed E-state index contributed by atoms with van der Waals surface area (Å²) in [4.78, 5) is 22.7. The van der Waals surface area contributed by atoms with E-state index in [1.807, 2.05) is 27.7 Å². The van der Waals surface area contributed by atoms with Crippen molar-refractivity contribution in [3.63, 3.8) is 0 Å². The third kappa shape index (κ3) is 5.85. The van der Waals surface area contributed by atoms with Crippen LogP contribution in [0.5, 0.6) is 11.5 Å². The fraction of sp³-hybridized carbons (Fsp3) is 0.500. The van der Waals surface area contributed by atoms with Crippen LogP contribution < -0.4 is 9.47 Å². The van der Waals surface area contributed by atoms with E-state index in [4.69, 9.17) is 14.6 Å². The molecule has 0 aromatic heterocycles. The molecule has 5 nitrogen and oxygen atoms in total. The molecular formula is C16H22O5. The summed E-state index contributed by atoms with van der Waals surface area (Å²) >= 11 is 0. The molecule has 0 fully saturated rings. The molecule has 5 heteroatoms. The molecule has 0 radical (unpaired) electrons. The monoisotopic (exact) mass is 294 g/mol. The molecule has 0 saturated heterocycles. The molecule has 0 aliphatic heterocycles. The summed E-state index contributed by atoms with van der Waals surface area (Å²) < 4.78 is 11.2. The average Bonchev–Trinajstić information content (AvgIpc) is 2.34. The number of carboxylic acid groups (broad SMARTS) is 1. The standard InChI is InChI=1S/C16H22O5/c1-10(2)20-12-5-6-13(14(17)7-8-16(18)19)15(9-12)21-11(3)4/h5-6,9-11H,7-8H2,1-4H3,(H,18,19). The molecule has 1 aromatic carbocycles. The van der Waals surface area contributed by atoms with Gasteiger partial charge in [-0.25, -0.2) is 0 Å². The average molecular weight is 294 g/mol. The van der Waals surface area contributed by atoms with Crippen molar-refractivity contribution in [3.8, 4) is 11.5 Å². The fourth-order valence-corrected chi connectivity index (χ4v) is 1.79. The second-order valence-corrected chi connectivity index (χ2v) is 5.31. The van der Waals surface area contributed by atoms with Crippen molar-refractivity contribution in [2.24, 2.45) is 0 Å².